The number of hydrogen-bond acceptors (Lipinski definition) is 3. The lowest BCUT2D eigenvalue weighted by Crippen LogP contribution is -2.56. The van der Waals surface area contributed by atoms with Crippen molar-refractivity contribution >= 4 is 5.91 Å². The second-order valence-corrected chi connectivity index (χ2v) is 5.26. The molecule has 1 atom stereocenters. The molecule has 0 bridgehead atoms. The summed E-state index contributed by atoms with van der Waals surface area (Å²) in [6, 6.07) is 0. The summed E-state index contributed by atoms with van der Waals surface area (Å²) in [5.74, 6) is 0.0120. The number of hydrogen-bond donors (Lipinski definition) is 2. The largest absolute Gasteiger partial charge is 0.379 e. The van der Waals surface area contributed by atoms with Crippen molar-refractivity contribution in [2.24, 2.45) is 11.1 Å². The molecule has 1 amide bonds. The minimum absolute atomic E-state index is 0.0120. The zero-order valence-electron chi connectivity index (χ0n) is 9.93. The third-order valence-corrected chi connectivity index (χ3v) is 2.98. The van der Waals surface area contributed by atoms with E-state index in [2.05, 4.69) is 5.32 Å². The van der Waals surface area contributed by atoms with E-state index in [1.807, 2.05) is 20.8 Å². The summed E-state index contributed by atoms with van der Waals surface area (Å²) in [5, 5.41) is 3.04. The number of amides is 1. The molecule has 1 rings (SSSR count). The number of ether oxygens (including phenoxy) is 1. The first-order chi connectivity index (χ1) is 6.90. The zero-order valence-corrected chi connectivity index (χ0v) is 9.93. The van der Waals surface area contributed by atoms with Gasteiger partial charge in [0.05, 0.1) is 17.6 Å². The molecule has 0 saturated carbocycles. The highest BCUT2D eigenvalue weighted by Crippen LogP contribution is 2.21. The number of nitrogens with one attached hydrogen (secondary N) is 1. The molecule has 0 spiro atoms. The van der Waals surface area contributed by atoms with E-state index in [4.69, 9.17) is 10.5 Å². The summed E-state index contributed by atoms with van der Waals surface area (Å²) < 4.78 is 5.39. The fourth-order valence-corrected chi connectivity index (χ4v) is 1.57. The Bertz CT molecular complexity index is 233. The van der Waals surface area contributed by atoms with Gasteiger partial charge in [0.1, 0.15) is 0 Å². The van der Waals surface area contributed by atoms with Crippen LogP contribution in [0.1, 0.15) is 33.6 Å². The molecule has 1 aliphatic heterocycles. The molecule has 1 saturated heterocycles. The van der Waals surface area contributed by atoms with Gasteiger partial charge in [-0.15, -0.1) is 0 Å². The minimum atomic E-state index is -0.500. The normalized spacial score (nSPS) is 27.5. The third-order valence-electron chi connectivity index (χ3n) is 2.98. The summed E-state index contributed by atoms with van der Waals surface area (Å²) in [6.45, 7) is 7.49. The summed E-state index contributed by atoms with van der Waals surface area (Å²) in [5.41, 5.74) is 4.84. The standard InChI is InChI=1S/C11H22N2O2/c1-10(2,7-12)9(14)13-11(3)5-4-6-15-8-11/h4-8,12H2,1-3H3,(H,13,14). The fraction of sp³-hybridized carbons (Fsp3) is 0.909. The highest BCUT2D eigenvalue weighted by molar-refractivity contribution is 5.82. The van der Waals surface area contributed by atoms with Crippen LogP contribution in [0.3, 0.4) is 0 Å². The molecule has 0 aromatic rings. The average Bonchev–Trinajstić information content (AvgIpc) is 2.18. The molecule has 1 heterocycles. The molecule has 15 heavy (non-hydrogen) atoms. The molecule has 0 aromatic carbocycles. The molecule has 4 heteroatoms. The van der Waals surface area contributed by atoms with E-state index >= 15 is 0 Å². The highest BCUT2D eigenvalue weighted by atomic mass is 16.5. The lowest BCUT2D eigenvalue weighted by atomic mass is 9.88. The molecule has 1 aliphatic rings. The van der Waals surface area contributed by atoms with Crippen LogP contribution in [-0.2, 0) is 9.53 Å². The Hall–Kier alpha value is -0.610. The van der Waals surface area contributed by atoms with E-state index in [9.17, 15) is 4.79 Å². The second kappa shape index (κ2) is 4.49. The molecule has 3 N–H and O–H groups in total. The Balaban J connectivity index is 2.56. The highest BCUT2D eigenvalue weighted by Gasteiger charge is 2.34. The SMILES string of the molecule is CC1(NC(=O)C(C)(C)CN)CCCOC1. The van der Waals surface area contributed by atoms with E-state index in [0.29, 0.717) is 13.2 Å². The molecular formula is C11H22N2O2. The summed E-state index contributed by atoms with van der Waals surface area (Å²) >= 11 is 0. The van der Waals surface area contributed by atoms with Crippen LogP contribution in [0.4, 0.5) is 0 Å². The van der Waals surface area contributed by atoms with Crippen molar-refractivity contribution in [1.29, 1.82) is 0 Å². The van der Waals surface area contributed by atoms with Crippen molar-refractivity contribution in [2.75, 3.05) is 19.8 Å². The van der Waals surface area contributed by atoms with Crippen LogP contribution in [-0.4, -0.2) is 31.2 Å². The van der Waals surface area contributed by atoms with Gasteiger partial charge in [-0.1, -0.05) is 0 Å². The van der Waals surface area contributed by atoms with Gasteiger partial charge in [-0.25, -0.2) is 0 Å². The number of carbonyl (C=O) groups excluding carboxylic acids is 1. The van der Waals surface area contributed by atoms with Gasteiger partial charge in [-0.3, -0.25) is 4.79 Å². The minimum Gasteiger partial charge on any atom is -0.379 e. The maximum Gasteiger partial charge on any atom is 0.227 e. The van der Waals surface area contributed by atoms with Gasteiger partial charge in [0.15, 0.2) is 0 Å². The lowest BCUT2D eigenvalue weighted by Gasteiger charge is -2.37. The van der Waals surface area contributed by atoms with E-state index < -0.39 is 5.41 Å². The maximum absolute atomic E-state index is 11.9. The first-order valence-corrected chi connectivity index (χ1v) is 5.50. The lowest BCUT2D eigenvalue weighted by molar-refractivity contribution is -0.132. The van der Waals surface area contributed by atoms with Crippen LogP contribution >= 0.6 is 0 Å². The van der Waals surface area contributed by atoms with Gasteiger partial charge in [-0.05, 0) is 33.6 Å². The van der Waals surface area contributed by atoms with Crippen LogP contribution in [0, 0.1) is 5.41 Å². The second-order valence-electron chi connectivity index (χ2n) is 5.26. The first kappa shape index (κ1) is 12.5. The Morgan fingerprint density at radius 2 is 2.27 bits per heavy atom. The van der Waals surface area contributed by atoms with E-state index in [-0.39, 0.29) is 11.4 Å². The molecule has 1 fully saturated rings. The number of carbonyl (C=O) groups is 1. The fourth-order valence-electron chi connectivity index (χ4n) is 1.57. The number of nitrogens with two attached hydrogens (primary N) is 1. The molecule has 0 radical (unpaired) electrons. The Kier molecular flexibility index (Phi) is 3.73. The van der Waals surface area contributed by atoms with Gasteiger partial charge < -0.3 is 15.8 Å². The van der Waals surface area contributed by atoms with Crippen LogP contribution in [0.2, 0.25) is 0 Å². The first-order valence-electron chi connectivity index (χ1n) is 5.50. The van der Waals surface area contributed by atoms with Gasteiger partial charge in [0, 0.05) is 13.2 Å². The van der Waals surface area contributed by atoms with Gasteiger partial charge >= 0.3 is 0 Å². The van der Waals surface area contributed by atoms with Crippen LogP contribution in [0.15, 0.2) is 0 Å². The third kappa shape index (κ3) is 3.18. The van der Waals surface area contributed by atoms with E-state index in [1.54, 1.807) is 0 Å². The smallest absolute Gasteiger partial charge is 0.227 e. The van der Waals surface area contributed by atoms with Gasteiger partial charge in [0.2, 0.25) is 5.91 Å². The molecule has 0 aromatic heterocycles. The molecule has 88 valence electrons. The van der Waals surface area contributed by atoms with Crippen LogP contribution < -0.4 is 11.1 Å². The quantitative estimate of drug-likeness (QED) is 0.725. The molecule has 4 nitrogen and oxygen atoms in total. The molecule has 0 aliphatic carbocycles. The molecule has 1 unspecified atom stereocenters. The number of rotatable bonds is 3. The topological polar surface area (TPSA) is 64.4 Å². The predicted molar refractivity (Wildman–Crippen MR) is 59.4 cm³/mol. The van der Waals surface area contributed by atoms with Crippen molar-refractivity contribution in [2.45, 2.75) is 39.2 Å². The van der Waals surface area contributed by atoms with E-state index in [0.717, 1.165) is 19.4 Å². The maximum atomic E-state index is 11.9. The van der Waals surface area contributed by atoms with Crippen molar-refractivity contribution in [3.8, 4) is 0 Å². The Labute approximate surface area is 91.5 Å². The molecular weight excluding hydrogens is 192 g/mol. The van der Waals surface area contributed by atoms with Crippen molar-refractivity contribution < 1.29 is 9.53 Å². The van der Waals surface area contributed by atoms with Gasteiger partial charge in [0.25, 0.3) is 0 Å². The summed E-state index contributed by atoms with van der Waals surface area (Å²) in [6.07, 6.45) is 1.97. The summed E-state index contributed by atoms with van der Waals surface area (Å²) in [4.78, 5) is 11.9. The predicted octanol–water partition coefficient (Wildman–Crippen LogP) is 0.657. The Morgan fingerprint density at radius 3 is 2.73 bits per heavy atom. The van der Waals surface area contributed by atoms with Crippen molar-refractivity contribution in [3.63, 3.8) is 0 Å². The van der Waals surface area contributed by atoms with E-state index in [1.165, 1.54) is 0 Å². The zero-order chi connectivity index (χ0) is 11.5. The van der Waals surface area contributed by atoms with Gasteiger partial charge in [-0.2, -0.15) is 0 Å². The van der Waals surface area contributed by atoms with Crippen LogP contribution in [0.5, 0.6) is 0 Å². The average molecular weight is 214 g/mol. The van der Waals surface area contributed by atoms with Crippen molar-refractivity contribution in [3.05, 3.63) is 0 Å². The monoisotopic (exact) mass is 214 g/mol. The Morgan fingerprint density at radius 1 is 1.60 bits per heavy atom. The van der Waals surface area contributed by atoms with Crippen molar-refractivity contribution in [1.82, 2.24) is 5.32 Å². The van der Waals surface area contributed by atoms with Crippen LogP contribution in [0.25, 0.3) is 0 Å². The summed E-state index contributed by atoms with van der Waals surface area (Å²) in [7, 11) is 0.